The molecule has 0 spiro atoms. The zero-order valence-corrected chi connectivity index (χ0v) is 7.99. The zero-order valence-electron chi connectivity index (χ0n) is 7.99. The average molecular weight is 211 g/mol. The molecule has 76 valence electrons. The highest BCUT2D eigenvalue weighted by Crippen LogP contribution is 2.15. The highest BCUT2D eigenvalue weighted by molar-refractivity contribution is 5.77. The Labute approximate surface area is 89.4 Å². The zero-order chi connectivity index (χ0) is 11.0. The summed E-state index contributed by atoms with van der Waals surface area (Å²) in [5.41, 5.74) is 1.24. The first-order valence-corrected chi connectivity index (χ1v) is 4.48. The second-order valence-corrected chi connectivity index (χ2v) is 3.03. The number of aromatic amines is 1. The quantitative estimate of drug-likeness (QED) is 0.628. The minimum absolute atomic E-state index is 0.273. The van der Waals surface area contributed by atoms with Gasteiger partial charge in [-0.1, -0.05) is 0 Å². The third-order valence-corrected chi connectivity index (χ3v) is 2.17. The molecule has 7 heteroatoms. The monoisotopic (exact) mass is 211 g/mol. The Morgan fingerprint density at radius 1 is 1.25 bits per heavy atom. The molecule has 3 aromatic rings. The number of H-pyrrole nitrogens is 1. The molecular weight excluding hydrogens is 206 g/mol. The summed E-state index contributed by atoms with van der Waals surface area (Å²) < 4.78 is 1.59. The molecule has 0 fully saturated rings. The van der Waals surface area contributed by atoms with Crippen LogP contribution in [0.2, 0.25) is 0 Å². The van der Waals surface area contributed by atoms with E-state index in [0.29, 0.717) is 17.0 Å². The summed E-state index contributed by atoms with van der Waals surface area (Å²) in [6, 6.07) is 1.99. The molecule has 0 unspecified atom stereocenters. The summed E-state index contributed by atoms with van der Waals surface area (Å²) in [5, 5.41) is 8.89. The summed E-state index contributed by atoms with van der Waals surface area (Å²) in [5.74, 6) is 0.839. The van der Waals surface area contributed by atoms with E-state index in [1.807, 2.05) is 6.07 Å². The topological polar surface area (TPSA) is 96.1 Å². The maximum atomic E-state index is 8.89. The van der Waals surface area contributed by atoms with Gasteiger partial charge in [0.2, 0.25) is 5.82 Å². The SMILES string of the molecule is N#Cc1nccn1-c1ncnc2nc[nH]c12. The van der Waals surface area contributed by atoms with Crippen LogP contribution in [-0.4, -0.2) is 29.5 Å². The van der Waals surface area contributed by atoms with E-state index in [4.69, 9.17) is 5.26 Å². The minimum atomic E-state index is 0.273. The second kappa shape index (κ2) is 3.13. The Bertz CT molecular complexity index is 687. The van der Waals surface area contributed by atoms with Gasteiger partial charge in [0.15, 0.2) is 11.5 Å². The number of nitrogens with one attached hydrogen (secondary N) is 1. The predicted molar refractivity (Wildman–Crippen MR) is 53.5 cm³/mol. The molecule has 0 bridgehead atoms. The predicted octanol–water partition coefficient (Wildman–Crippen LogP) is 0.410. The Hall–Kier alpha value is -2.75. The van der Waals surface area contributed by atoms with E-state index in [9.17, 15) is 0 Å². The van der Waals surface area contributed by atoms with Crippen LogP contribution in [0.1, 0.15) is 5.82 Å². The molecule has 0 aliphatic heterocycles. The minimum Gasteiger partial charge on any atom is -0.340 e. The second-order valence-electron chi connectivity index (χ2n) is 3.03. The number of nitrogens with zero attached hydrogens (tertiary/aromatic N) is 6. The van der Waals surface area contributed by atoms with Gasteiger partial charge in [0.05, 0.1) is 6.33 Å². The summed E-state index contributed by atoms with van der Waals surface area (Å²) in [4.78, 5) is 19.0. The van der Waals surface area contributed by atoms with Gasteiger partial charge in [-0.15, -0.1) is 0 Å². The van der Waals surface area contributed by atoms with E-state index < -0.39 is 0 Å². The molecule has 0 radical (unpaired) electrons. The van der Waals surface area contributed by atoms with Gasteiger partial charge in [-0.2, -0.15) is 5.26 Å². The highest BCUT2D eigenvalue weighted by atomic mass is 15.2. The lowest BCUT2D eigenvalue weighted by Gasteiger charge is -2.01. The lowest BCUT2D eigenvalue weighted by molar-refractivity contribution is 0.964. The number of fused-ring (bicyclic) bond motifs is 1. The molecule has 1 N–H and O–H groups in total. The van der Waals surface area contributed by atoms with Crippen molar-refractivity contribution in [1.82, 2.24) is 29.5 Å². The lowest BCUT2D eigenvalue weighted by Crippen LogP contribution is -2.01. The van der Waals surface area contributed by atoms with Gasteiger partial charge >= 0.3 is 0 Å². The van der Waals surface area contributed by atoms with Crippen LogP contribution in [0.15, 0.2) is 25.0 Å². The standard InChI is InChI=1S/C9H5N7/c10-3-6-11-1-2-16(6)9-7-8(13-4-12-7)14-5-15-9/h1-2,4-5H,(H,12,13,14,15). The van der Waals surface area contributed by atoms with Crippen LogP contribution in [0, 0.1) is 11.3 Å². The third-order valence-electron chi connectivity index (χ3n) is 2.17. The molecule has 7 nitrogen and oxygen atoms in total. The van der Waals surface area contributed by atoms with Crippen LogP contribution >= 0.6 is 0 Å². The Morgan fingerprint density at radius 2 is 2.19 bits per heavy atom. The normalized spacial score (nSPS) is 10.4. The van der Waals surface area contributed by atoms with Crippen molar-refractivity contribution in [3.8, 4) is 11.9 Å². The van der Waals surface area contributed by atoms with Gasteiger partial charge in [0.25, 0.3) is 0 Å². The molecule has 3 rings (SSSR count). The molecule has 0 atom stereocenters. The largest absolute Gasteiger partial charge is 0.340 e. The maximum Gasteiger partial charge on any atom is 0.218 e. The van der Waals surface area contributed by atoms with E-state index in [0.717, 1.165) is 0 Å². The number of nitriles is 1. The van der Waals surface area contributed by atoms with Crippen molar-refractivity contribution in [1.29, 1.82) is 5.26 Å². The number of hydrogen-bond donors (Lipinski definition) is 1. The molecule has 16 heavy (non-hydrogen) atoms. The van der Waals surface area contributed by atoms with Crippen LogP contribution in [0.4, 0.5) is 0 Å². The van der Waals surface area contributed by atoms with Crippen molar-refractivity contribution in [3.63, 3.8) is 0 Å². The summed E-state index contributed by atoms with van der Waals surface area (Å²) in [6.45, 7) is 0. The first kappa shape index (κ1) is 8.55. The Morgan fingerprint density at radius 3 is 3.06 bits per heavy atom. The van der Waals surface area contributed by atoms with Crippen LogP contribution in [0.3, 0.4) is 0 Å². The number of imidazole rings is 2. The fourth-order valence-electron chi connectivity index (χ4n) is 1.49. The summed E-state index contributed by atoms with van der Waals surface area (Å²) >= 11 is 0. The van der Waals surface area contributed by atoms with Crippen molar-refractivity contribution in [3.05, 3.63) is 30.9 Å². The first-order valence-electron chi connectivity index (χ1n) is 4.48. The van der Waals surface area contributed by atoms with Crippen LogP contribution in [-0.2, 0) is 0 Å². The van der Waals surface area contributed by atoms with E-state index in [2.05, 4.69) is 24.9 Å². The molecule has 0 aromatic carbocycles. The molecular formula is C9H5N7. The van der Waals surface area contributed by atoms with Crippen LogP contribution in [0.25, 0.3) is 17.0 Å². The smallest absolute Gasteiger partial charge is 0.218 e. The van der Waals surface area contributed by atoms with Gasteiger partial charge in [0.1, 0.15) is 17.9 Å². The van der Waals surface area contributed by atoms with Crippen molar-refractivity contribution >= 4 is 11.2 Å². The van der Waals surface area contributed by atoms with E-state index in [1.165, 1.54) is 12.7 Å². The average Bonchev–Trinajstić information content (AvgIpc) is 2.96. The van der Waals surface area contributed by atoms with E-state index >= 15 is 0 Å². The van der Waals surface area contributed by atoms with Gasteiger partial charge in [0, 0.05) is 12.4 Å². The number of rotatable bonds is 1. The van der Waals surface area contributed by atoms with Crippen molar-refractivity contribution < 1.29 is 0 Å². The summed E-state index contributed by atoms with van der Waals surface area (Å²) in [6.07, 6.45) is 6.15. The van der Waals surface area contributed by atoms with Crippen LogP contribution < -0.4 is 0 Å². The molecule has 0 aliphatic rings. The number of aromatic nitrogens is 6. The number of hydrogen-bond acceptors (Lipinski definition) is 5. The van der Waals surface area contributed by atoms with Crippen LogP contribution in [0.5, 0.6) is 0 Å². The van der Waals surface area contributed by atoms with E-state index in [1.54, 1.807) is 17.0 Å². The van der Waals surface area contributed by atoms with Crippen molar-refractivity contribution in [2.24, 2.45) is 0 Å². The molecule has 3 heterocycles. The third kappa shape index (κ3) is 1.07. The maximum absolute atomic E-state index is 8.89. The van der Waals surface area contributed by atoms with Gasteiger partial charge < -0.3 is 4.98 Å². The van der Waals surface area contributed by atoms with E-state index in [-0.39, 0.29) is 5.82 Å². The molecule has 0 saturated heterocycles. The lowest BCUT2D eigenvalue weighted by atomic mass is 10.4. The highest BCUT2D eigenvalue weighted by Gasteiger charge is 2.10. The van der Waals surface area contributed by atoms with Gasteiger partial charge in [-0.3, -0.25) is 4.57 Å². The molecule has 0 saturated carbocycles. The Balaban J connectivity index is 2.35. The molecule has 0 aliphatic carbocycles. The van der Waals surface area contributed by atoms with Crippen molar-refractivity contribution in [2.75, 3.05) is 0 Å². The molecule has 0 amide bonds. The summed E-state index contributed by atoms with van der Waals surface area (Å²) in [7, 11) is 0. The molecule has 3 aromatic heterocycles. The fourth-order valence-corrected chi connectivity index (χ4v) is 1.49. The van der Waals surface area contributed by atoms with Gasteiger partial charge in [-0.25, -0.2) is 19.9 Å². The van der Waals surface area contributed by atoms with Crippen molar-refractivity contribution in [2.45, 2.75) is 0 Å². The first-order chi connectivity index (χ1) is 7.90. The fraction of sp³-hybridized carbons (Fsp3) is 0. The van der Waals surface area contributed by atoms with Gasteiger partial charge in [-0.05, 0) is 0 Å². The Kier molecular flexibility index (Phi) is 1.67.